The predicted octanol–water partition coefficient (Wildman–Crippen LogP) is 4.42. The molecule has 0 radical (unpaired) electrons. The Kier molecular flexibility index (Phi) is 4.54. The lowest BCUT2D eigenvalue weighted by atomic mass is 10.2. The van der Waals surface area contributed by atoms with Crippen molar-refractivity contribution in [2.45, 2.75) is 30.7 Å². The van der Waals surface area contributed by atoms with Gasteiger partial charge < -0.3 is 4.42 Å². The summed E-state index contributed by atoms with van der Waals surface area (Å²) < 4.78 is 18.6. The van der Waals surface area contributed by atoms with Gasteiger partial charge in [0.05, 0.1) is 17.1 Å². The highest BCUT2D eigenvalue weighted by molar-refractivity contribution is 7.99. The van der Waals surface area contributed by atoms with Crippen LogP contribution in [0.4, 0.5) is 4.39 Å². The van der Waals surface area contributed by atoms with Crippen LogP contribution in [0.15, 0.2) is 39.3 Å². The molecule has 3 aromatic rings. The van der Waals surface area contributed by atoms with E-state index in [1.54, 1.807) is 23.5 Å². The normalized spacial score (nSPS) is 12.5. The van der Waals surface area contributed by atoms with Crippen LogP contribution in [-0.2, 0) is 6.42 Å². The summed E-state index contributed by atoms with van der Waals surface area (Å²) in [6.07, 6.45) is 0.544. The molecule has 2 heterocycles. The Morgan fingerprint density at radius 3 is 2.73 bits per heavy atom. The Hall–Kier alpha value is -1.73. The van der Waals surface area contributed by atoms with Crippen LogP contribution >= 0.6 is 23.1 Å². The fraction of sp³-hybridized carbons (Fsp3) is 0.267. The third kappa shape index (κ3) is 3.72. The molecule has 1 unspecified atom stereocenters. The van der Waals surface area contributed by atoms with Crippen LogP contribution in [0.5, 0.6) is 0 Å². The van der Waals surface area contributed by atoms with E-state index >= 15 is 0 Å². The summed E-state index contributed by atoms with van der Waals surface area (Å²) in [6, 6.07) is 6.44. The van der Waals surface area contributed by atoms with Gasteiger partial charge in [-0.05, 0) is 31.5 Å². The van der Waals surface area contributed by atoms with E-state index in [-0.39, 0.29) is 11.1 Å². The zero-order valence-electron chi connectivity index (χ0n) is 12.1. The summed E-state index contributed by atoms with van der Waals surface area (Å²) in [5, 5.41) is 11.7. The summed E-state index contributed by atoms with van der Waals surface area (Å²) >= 11 is 3.06. The number of thiazole rings is 1. The summed E-state index contributed by atoms with van der Waals surface area (Å²) in [7, 11) is 0. The second-order valence-electron chi connectivity index (χ2n) is 4.81. The molecule has 0 amide bonds. The summed E-state index contributed by atoms with van der Waals surface area (Å²) in [5.74, 6) is 0.318. The number of rotatable bonds is 5. The molecule has 4 nitrogen and oxygen atoms in total. The van der Waals surface area contributed by atoms with Gasteiger partial charge in [0.15, 0.2) is 0 Å². The number of benzene rings is 1. The highest BCUT2D eigenvalue weighted by atomic mass is 32.2. The Labute approximate surface area is 135 Å². The average Bonchev–Trinajstić information content (AvgIpc) is 3.09. The average molecular weight is 335 g/mol. The smallest absolute Gasteiger partial charge is 0.277 e. The van der Waals surface area contributed by atoms with E-state index in [0.717, 1.165) is 16.3 Å². The van der Waals surface area contributed by atoms with Crippen molar-refractivity contribution in [1.82, 2.24) is 15.2 Å². The third-order valence-electron chi connectivity index (χ3n) is 3.06. The molecule has 0 spiro atoms. The van der Waals surface area contributed by atoms with E-state index in [1.165, 1.54) is 23.9 Å². The molecular formula is C15H14FN3OS2. The van der Waals surface area contributed by atoms with E-state index in [4.69, 9.17) is 4.42 Å². The molecule has 2 aromatic heterocycles. The van der Waals surface area contributed by atoms with Gasteiger partial charge in [-0.3, -0.25) is 0 Å². The van der Waals surface area contributed by atoms with Crippen molar-refractivity contribution in [2.24, 2.45) is 0 Å². The molecule has 7 heteroatoms. The van der Waals surface area contributed by atoms with E-state index in [2.05, 4.69) is 15.2 Å². The van der Waals surface area contributed by atoms with Crippen LogP contribution in [-0.4, -0.2) is 15.2 Å². The molecule has 114 valence electrons. The van der Waals surface area contributed by atoms with Gasteiger partial charge in [0.25, 0.3) is 5.22 Å². The van der Waals surface area contributed by atoms with Crippen molar-refractivity contribution in [3.05, 3.63) is 57.6 Å². The first-order valence-corrected chi connectivity index (χ1v) is 8.51. The summed E-state index contributed by atoms with van der Waals surface area (Å²) in [4.78, 5) is 4.38. The van der Waals surface area contributed by atoms with Crippen LogP contribution < -0.4 is 0 Å². The fourth-order valence-electron chi connectivity index (χ4n) is 1.95. The number of halogens is 1. The first kappa shape index (κ1) is 15.2. The van der Waals surface area contributed by atoms with Crippen molar-refractivity contribution in [3.63, 3.8) is 0 Å². The first-order valence-electron chi connectivity index (χ1n) is 6.75. The minimum absolute atomic E-state index is 0.107. The zero-order valence-corrected chi connectivity index (χ0v) is 13.7. The Morgan fingerprint density at radius 1 is 1.27 bits per heavy atom. The lowest BCUT2D eigenvalue weighted by Gasteiger charge is -2.07. The van der Waals surface area contributed by atoms with E-state index in [1.807, 2.05) is 19.2 Å². The molecule has 1 atom stereocenters. The van der Waals surface area contributed by atoms with E-state index in [0.29, 0.717) is 17.5 Å². The minimum atomic E-state index is -0.236. The number of aromatic nitrogens is 3. The number of aryl methyl sites for hydroxylation is 1. The fourth-order valence-corrected chi connectivity index (χ4v) is 3.40. The Balaban J connectivity index is 1.64. The maximum Gasteiger partial charge on any atom is 0.277 e. The second-order valence-corrected chi connectivity index (χ2v) is 7.16. The maximum absolute atomic E-state index is 12.9. The van der Waals surface area contributed by atoms with Crippen molar-refractivity contribution in [1.29, 1.82) is 0 Å². The van der Waals surface area contributed by atoms with Crippen LogP contribution in [0.1, 0.15) is 34.3 Å². The van der Waals surface area contributed by atoms with E-state index in [9.17, 15) is 4.39 Å². The van der Waals surface area contributed by atoms with Crippen LogP contribution in [0.3, 0.4) is 0 Å². The predicted molar refractivity (Wildman–Crippen MR) is 84.6 cm³/mol. The van der Waals surface area contributed by atoms with Crippen LogP contribution in [0.2, 0.25) is 0 Å². The zero-order chi connectivity index (χ0) is 15.5. The van der Waals surface area contributed by atoms with Gasteiger partial charge >= 0.3 is 0 Å². The largest absolute Gasteiger partial charge is 0.416 e. The Bertz CT molecular complexity index is 754. The molecule has 0 aliphatic carbocycles. The topological polar surface area (TPSA) is 51.8 Å². The molecule has 0 fully saturated rings. The monoisotopic (exact) mass is 335 g/mol. The SMILES string of the molecule is Cc1nc(Cc2nnc(SC(C)c3ccc(F)cc3)o2)cs1. The van der Waals surface area contributed by atoms with Gasteiger partial charge in [0.1, 0.15) is 5.82 Å². The van der Waals surface area contributed by atoms with Gasteiger partial charge in [-0.2, -0.15) is 0 Å². The summed E-state index contributed by atoms with van der Waals surface area (Å²) in [6.45, 7) is 3.99. The van der Waals surface area contributed by atoms with Gasteiger partial charge in [0, 0.05) is 10.6 Å². The molecule has 22 heavy (non-hydrogen) atoms. The van der Waals surface area contributed by atoms with Crippen LogP contribution in [0, 0.1) is 12.7 Å². The highest BCUT2D eigenvalue weighted by Gasteiger charge is 2.14. The summed E-state index contributed by atoms with van der Waals surface area (Å²) in [5.41, 5.74) is 1.95. The molecule has 0 aliphatic rings. The molecule has 0 saturated carbocycles. The van der Waals surface area contributed by atoms with Gasteiger partial charge in [0.2, 0.25) is 5.89 Å². The first-order chi connectivity index (χ1) is 10.6. The lowest BCUT2D eigenvalue weighted by molar-refractivity contribution is 0.419. The number of nitrogens with zero attached hydrogens (tertiary/aromatic N) is 3. The highest BCUT2D eigenvalue weighted by Crippen LogP contribution is 2.34. The number of hydrogen-bond donors (Lipinski definition) is 0. The molecule has 0 aliphatic heterocycles. The quantitative estimate of drug-likeness (QED) is 0.646. The van der Waals surface area contributed by atoms with Crippen molar-refractivity contribution >= 4 is 23.1 Å². The standard InChI is InChI=1S/C15H14FN3OS2/c1-9(11-3-5-12(16)6-4-11)22-15-19-18-14(20-15)7-13-8-21-10(2)17-13/h3-6,8-9H,7H2,1-2H3. The van der Waals surface area contributed by atoms with Crippen molar-refractivity contribution in [3.8, 4) is 0 Å². The number of hydrogen-bond acceptors (Lipinski definition) is 6. The second kappa shape index (κ2) is 6.58. The third-order valence-corrected chi connectivity index (χ3v) is 4.88. The Morgan fingerprint density at radius 2 is 2.05 bits per heavy atom. The van der Waals surface area contributed by atoms with Gasteiger partial charge in [-0.25, -0.2) is 9.37 Å². The molecule has 0 N–H and O–H groups in total. The molecule has 0 saturated heterocycles. The molecule has 1 aromatic carbocycles. The number of thioether (sulfide) groups is 1. The lowest BCUT2D eigenvalue weighted by Crippen LogP contribution is -1.88. The van der Waals surface area contributed by atoms with Crippen molar-refractivity contribution in [2.75, 3.05) is 0 Å². The van der Waals surface area contributed by atoms with Gasteiger partial charge in [-0.15, -0.1) is 21.5 Å². The molecular weight excluding hydrogens is 321 g/mol. The molecule has 3 rings (SSSR count). The maximum atomic E-state index is 12.9. The van der Waals surface area contributed by atoms with Gasteiger partial charge in [-0.1, -0.05) is 23.9 Å². The minimum Gasteiger partial charge on any atom is -0.416 e. The van der Waals surface area contributed by atoms with Crippen molar-refractivity contribution < 1.29 is 8.81 Å². The molecule has 0 bridgehead atoms. The van der Waals surface area contributed by atoms with Crippen LogP contribution in [0.25, 0.3) is 0 Å². The van der Waals surface area contributed by atoms with E-state index < -0.39 is 0 Å².